The lowest BCUT2D eigenvalue weighted by atomic mass is 10.0. The van der Waals surface area contributed by atoms with Gasteiger partial charge in [0, 0.05) is 22.6 Å². The van der Waals surface area contributed by atoms with Crippen LogP contribution in [0.5, 0.6) is 0 Å². The van der Waals surface area contributed by atoms with E-state index in [2.05, 4.69) is 30.3 Å². The summed E-state index contributed by atoms with van der Waals surface area (Å²) in [5.74, 6) is 0. The summed E-state index contributed by atoms with van der Waals surface area (Å²) in [6.07, 6.45) is 1.13. The third-order valence-corrected chi connectivity index (χ3v) is 2.97. The minimum Gasteiger partial charge on any atom is -0.286 e. The lowest BCUT2D eigenvalue weighted by Crippen LogP contribution is -2.13. The van der Waals surface area contributed by atoms with E-state index in [9.17, 15) is 0 Å². The molecule has 1 aromatic rings. The van der Waals surface area contributed by atoms with Crippen molar-refractivity contribution >= 4 is 17.0 Å². The third kappa shape index (κ3) is 1.11. The zero-order valence-electron chi connectivity index (χ0n) is 6.79. The van der Waals surface area contributed by atoms with Crippen LogP contribution >= 0.6 is 11.3 Å². The molecule has 2 rings (SSSR count). The fraction of sp³-hybridized carbons (Fsp3) is 0.444. The summed E-state index contributed by atoms with van der Waals surface area (Å²) >= 11 is 1.85. The maximum Gasteiger partial charge on any atom is 0.0523 e. The highest BCUT2D eigenvalue weighted by atomic mass is 32.1. The number of nitrogens with zero attached hydrogens (tertiary/aromatic N) is 1. The maximum absolute atomic E-state index is 4.52. The van der Waals surface area contributed by atoms with E-state index in [4.69, 9.17) is 0 Å². The van der Waals surface area contributed by atoms with Crippen LogP contribution in [0.4, 0.5) is 0 Å². The van der Waals surface area contributed by atoms with Crippen molar-refractivity contribution in [3.63, 3.8) is 0 Å². The number of thiophene rings is 1. The van der Waals surface area contributed by atoms with Crippen molar-refractivity contribution in [2.24, 2.45) is 4.99 Å². The summed E-state index contributed by atoms with van der Waals surface area (Å²) < 4.78 is 0. The van der Waals surface area contributed by atoms with Gasteiger partial charge >= 0.3 is 0 Å². The smallest absolute Gasteiger partial charge is 0.0523 e. The molecule has 0 spiro atoms. The molecule has 0 amide bonds. The lowest BCUT2D eigenvalue weighted by molar-refractivity contribution is 0.736. The van der Waals surface area contributed by atoms with Crippen molar-refractivity contribution in [2.45, 2.75) is 26.3 Å². The monoisotopic (exact) mass is 165 g/mol. The van der Waals surface area contributed by atoms with Crippen LogP contribution in [0.2, 0.25) is 0 Å². The minimum absolute atomic E-state index is 0.487. The SMILES string of the molecule is CC1=NC(C)Cc2sccc21. The molecule has 2 heterocycles. The van der Waals surface area contributed by atoms with E-state index in [1.165, 1.54) is 16.2 Å². The Balaban J connectivity index is 2.50. The van der Waals surface area contributed by atoms with Crippen molar-refractivity contribution in [2.75, 3.05) is 0 Å². The van der Waals surface area contributed by atoms with E-state index in [0.717, 1.165) is 6.42 Å². The molecular weight excluding hydrogens is 154 g/mol. The highest BCUT2D eigenvalue weighted by Crippen LogP contribution is 2.24. The second-order valence-corrected chi connectivity index (χ2v) is 4.03. The molecule has 0 aliphatic carbocycles. The summed E-state index contributed by atoms with van der Waals surface area (Å²) in [5.41, 5.74) is 2.58. The highest BCUT2D eigenvalue weighted by Gasteiger charge is 2.15. The van der Waals surface area contributed by atoms with Gasteiger partial charge in [0.15, 0.2) is 0 Å². The largest absolute Gasteiger partial charge is 0.286 e. The predicted molar refractivity (Wildman–Crippen MR) is 49.7 cm³/mol. The Morgan fingerprint density at radius 3 is 3.27 bits per heavy atom. The Morgan fingerprint density at radius 2 is 2.45 bits per heavy atom. The molecule has 1 unspecified atom stereocenters. The van der Waals surface area contributed by atoms with Gasteiger partial charge < -0.3 is 0 Å². The normalized spacial score (nSPS) is 22.7. The zero-order chi connectivity index (χ0) is 7.84. The van der Waals surface area contributed by atoms with Gasteiger partial charge in [0.2, 0.25) is 0 Å². The van der Waals surface area contributed by atoms with E-state index in [-0.39, 0.29) is 0 Å². The van der Waals surface area contributed by atoms with Crippen molar-refractivity contribution in [3.05, 3.63) is 21.9 Å². The van der Waals surface area contributed by atoms with Crippen LogP contribution in [0.15, 0.2) is 16.4 Å². The summed E-state index contributed by atoms with van der Waals surface area (Å²) in [5, 5.41) is 2.15. The molecule has 1 atom stereocenters. The van der Waals surface area contributed by atoms with E-state index < -0.39 is 0 Å². The van der Waals surface area contributed by atoms with Crippen LogP contribution < -0.4 is 0 Å². The van der Waals surface area contributed by atoms with E-state index in [1.54, 1.807) is 0 Å². The van der Waals surface area contributed by atoms with Crippen molar-refractivity contribution in [1.82, 2.24) is 0 Å². The molecule has 0 saturated heterocycles. The van der Waals surface area contributed by atoms with Gasteiger partial charge in [-0.1, -0.05) is 0 Å². The van der Waals surface area contributed by atoms with Gasteiger partial charge in [0.1, 0.15) is 0 Å². The van der Waals surface area contributed by atoms with Crippen LogP contribution in [-0.2, 0) is 6.42 Å². The van der Waals surface area contributed by atoms with Crippen molar-refractivity contribution < 1.29 is 0 Å². The Hall–Kier alpha value is -0.630. The molecule has 0 fully saturated rings. The second-order valence-electron chi connectivity index (χ2n) is 3.03. The van der Waals surface area contributed by atoms with Gasteiger partial charge in [0.05, 0.1) is 6.04 Å². The van der Waals surface area contributed by atoms with Crippen LogP contribution in [0.3, 0.4) is 0 Å². The first-order valence-corrected chi connectivity index (χ1v) is 4.76. The van der Waals surface area contributed by atoms with Gasteiger partial charge in [-0.05, 0) is 25.3 Å². The van der Waals surface area contributed by atoms with E-state index >= 15 is 0 Å². The molecule has 0 bridgehead atoms. The van der Waals surface area contributed by atoms with Crippen LogP contribution in [-0.4, -0.2) is 11.8 Å². The standard InChI is InChI=1S/C9H11NS/c1-6-5-9-8(3-4-11-9)7(2)10-6/h3-4,6H,5H2,1-2H3. The fourth-order valence-corrected chi connectivity index (χ4v) is 2.58. The van der Waals surface area contributed by atoms with Gasteiger partial charge in [0.25, 0.3) is 0 Å². The average molecular weight is 165 g/mol. The molecule has 1 aliphatic heterocycles. The van der Waals surface area contributed by atoms with Crippen LogP contribution in [0, 0.1) is 0 Å². The molecule has 11 heavy (non-hydrogen) atoms. The third-order valence-electron chi connectivity index (χ3n) is 2.03. The highest BCUT2D eigenvalue weighted by molar-refractivity contribution is 7.10. The predicted octanol–water partition coefficient (Wildman–Crippen LogP) is 2.50. The summed E-state index contributed by atoms with van der Waals surface area (Å²) in [7, 11) is 0. The van der Waals surface area contributed by atoms with Gasteiger partial charge in [-0.15, -0.1) is 11.3 Å². The van der Waals surface area contributed by atoms with E-state index in [1.807, 2.05) is 11.3 Å². The number of fused-ring (bicyclic) bond motifs is 1. The molecule has 0 radical (unpaired) electrons. The number of hydrogen-bond donors (Lipinski definition) is 0. The number of hydrogen-bond acceptors (Lipinski definition) is 2. The molecule has 0 aromatic carbocycles. The molecule has 1 nitrogen and oxygen atoms in total. The zero-order valence-corrected chi connectivity index (χ0v) is 7.61. The number of aliphatic imine (C=N–C) groups is 1. The first-order valence-electron chi connectivity index (χ1n) is 3.88. The lowest BCUT2D eigenvalue weighted by Gasteiger charge is -2.14. The molecule has 1 aliphatic rings. The minimum atomic E-state index is 0.487. The summed E-state index contributed by atoms with van der Waals surface area (Å²) in [6.45, 7) is 4.27. The first-order chi connectivity index (χ1) is 5.27. The maximum atomic E-state index is 4.52. The van der Waals surface area contributed by atoms with E-state index in [0.29, 0.717) is 6.04 Å². The number of rotatable bonds is 0. The van der Waals surface area contributed by atoms with Crippen molar-refractivity contribution in [3.8, 4) is 0 Å². The summed E-state index contributed by atoms with van der Waals surface area (Å²) in [6, 6.07) is 2.66. The average Bonchev–Trinajstić information content (AvgIpc) is 2.34. The first kappa shape index (κ1) is 7.04. The molecule has 58 valence electrons. The molecule has 0 N–H and O–H groups in total. The van der Waals surface area contributed by atoms with Crippen LogP contribution in [0.25, 0.3) is 0 Å². The van der Waals surface area contributed by atoms with Crippen LogP contribution in [0.1, 0.15) is 24.3 Å². The molecule has 2 heteroatoms. The van der Waals surface area contributed by atoms with Gasteiger partial charge in [-0.2, -0.15) is 0 Å². The Morgan fingerprint density at radius 1 is 1.64 bits per heavy atom. The Kier molecular flexibility index (Phi) is 1.57. The topological polar surface area (TPSA) is 12.4 Å². The Labute approximate surface area is 70.8 Å². The van der Waals surface area contributed by atoms with Gasteiger partial charge in [-0.25, -0.2) is 0 Å². The quantitative estimate of drug-likeness (QED) is 0.560. The molecule has 0 saturated carbocycles. The van der Waals surface area contributed by atoms with Gasteiger partial charge in [-0.3, -0.25) is 4.99 Å². The molecule has 1 aromatic heterocycles. The summed E-state index contributed by atoms with van der Waals surface area (Å²) in [4.78, 5) is 6.02. The van der Waals surface area contributed by atoms with Crippen molar-refractivity contribution in [1.29, 1.82) is 0 Å². The fourth-order valence-electron chi connectivity index (χ4n) is 1.54. The second kappa shape index (κ2) is 2.45. The molecular formula is C9H11NS. The Bertz CT molecular complexity index is 298.